The minimum Gasteiger partial charge on any atom is -0.273 e. The van der Waals surface area contributed by atoms with E-state index in [9.17, 15) is 18.0 Å². The van der Waals surface area contributed by atoms with Gasteiger partial charge in [0.05, 0.1) is 4.90 Å². The zero-order valence-corrected chi connectivity index (χ0v) is 20.0. The average Bonchev–Trinajstić information content (AvgIpc) is 2.99. The molecule has 0 aromatic heterocycles. The molecule has 0 saturated heterocycles. The molecule has 1 heterocycles. The maximum absolute atomic E-state index is 12.9. The highest BCUT2D eigenvalue weighted by molar-refractivity contribution is 7.90. The molecule has 4 saturated carbocycles. The molecule has 8 nitrogen and oxygen atoms in total. The summed E-state index contributed by atoms with van der Waals surface area (Å²) < 4.78 is 27.1. The van der Waals surface area contributed by atoms with Crippen molar-refractivity contribution in [3.63, 3.8) is 0 Å². The van der Waals surface area contributed by atoms with Gasteiger partial charge in [0.15, 0.2) is 0 Å². The number of hydrogen-bond donors (Lipinski definition) is 3. The Labute approximate surface area is 195 Å². The summed E-state index contributed by atoms with van der Waals surface area (Å²) in [5.74, 6) is 1.62. The topological polar surface area (TPSA) is 117 Å². The van der Waals surface area contributed by atoms with Crippen LogP contribution in [0.25, 0.3) is 0 Å². The van der Waals surface area contributed by atoms with Crippen LogP contribution in [0, 0.1) is 29.1 Å². The first kappa shape index (κ1) is 22.4. The van der Waals surface area contributed by atoms with Crippen LogP contribution in [0.3, 0.4) is 0 Å². The predicted molar refractivity (Wildman–Crippen MR) is 123 cm³/mol. The lowest BCUT2D eigenvalue weighted by atomic mass is 9.49. The summed E-state index contributed by atoms with van der Waals surface area (Å²) in [4.78, 5) is 30.3. The van der Waals surface area contributed by atoms with Gasteiger partial charge in [0.2, 0.25) is 5.91 Å². The summed E-state index contributed by atoms with van der Waals surface area (Å²) in [6.45, 7) is 3.67. The summed E-state index contributed by atoms with van der Waals surface area (Å²) in [5.41, 5.74) is 5.69. The molecule has 0 spiro atoms. The molecule has 2 amide bonds. The van der Waals surface area contributed by atoms with Crippen molar-refractivity contribution in [3.05, 3.63) is 29.8 Å². The van der Waals surface area contributed by atoms with Crippen LogP contribution in [0.15, 0.2) is 34.2 Å². The average molecular weight is 473 g/mol. The summed E-state index contributed by atoms with van der Waals surface area (Å²) >= 11 is 0. The van der Waals surface area contributed by atoms with Crippen molar-refractivity contribution in [2.45, 2.75) is 69.7 Å². The molecule has 178 valence electrons. The highest BCUT2D eigenvalue weighted by Crippen LogP contribution is 2.61. The molecule has 1 atom stereocenters. The Morgan fingerprint density at radius 1 is 1.06 bits per heavy atom. The van der Waals surface area contributed by atoms with Gasteiger partial charge in [-0.3, -0.25) is 30.2 Å². The predicted octanol–water partition coefficient (Wildman–Crippen LogP) is 2.50. The number of nitrogens with one attached hydrogen (secondary N) is 3. The zero-order valence-electron chi connectivity index (χ0n) is 19.1. The van der Waals surface area contributed by atoms with E-state index in [2.05, 4.69) is 20.6 Å². The molecule has 0 radical (unpaired) electrons. The lowest BCUT2D eigenvalue weighted by molar-refractivity contribution is -0.134. The molecule has 4 bridgehead atoms. The number of hydrogen-bond acceptors (Lipinski definition) is 5. The Hall–Kier alpha value is -2.42. The molecule has 33 heavy (non-hydrogen) atoms. The molecular formula is C24H32N4O4S. The summed E-state index contributed by atoms with van der Waals surface area (Å²) in [7, 11) is -3.69. The maximum Gasteiger partial charge on any atom is 0.263 e. The van der Waals surface area contributed by atoms with Gasteiger partial charge in [-0.05, 0) is 79.7 Å². The van der Waals surface area contributed by atoms with Crippen molar-refractivity contribution < 1.29 is 18.0 Å². The lowest BCUT2D eigenvalue weighted by Gasteiger charge is -2.56. The van der Waals surface area contributed by atoms with E-state index < -0.39 is 22.0 Å². The molecule has 1 aliphatic heterocycles. The first-order chi connectivity index (χ1) is 15.6. The lowest BCUT2D eigenvalue weighted by Crippen LogP contribution is -2.51. The Morgan fingerprint density at radius 2 is 1.67 bits per heavy atom. The molecule has 4 aliphatic carbocycles. The van der Waals surface area contributed by atoms with E-state index in [-0.39, 0.29) is 28.0 Å². The fourth-order valence-electron chi connectivity index (χ4n) is 6.98. The monoisotopic (exact) mass is 472 g/mol. The van der Waals surface area contributed by atoms with Crippen molar-refractivity contribution in [2.24, 2.45) is 34.1 Å². The van der Waals surface area contributed by atoms with Crippen LogP contribution in [-0.4, -0.2) is 32.1 Å². The summed E-state index contributed by atoms with van der Waals surface area (Å²) in [6, 6.07) is 5.69. The van der Waals surface area contributed by atoms with Crippen molar-refractivity contribution >= 4 is 27.7 Å². The van der Waals surface area contributed by atoms with Crippen molar-refractivity contribution in [3.8, 4) is 0 Å². The minimum atomic E-state index is -3.69. The van der Waals surface area contributed by atoms with Gasteiger partial charge in [-0.15, -0.1) is 0 Å². The number of rotatable bonds is 5. The fourth-order valence-corrected chi connectivity index (χ4v) is 8.21. The highest BCUT2D eigenvalue weighted by Gasteiger charge is 2.51. The van der Waals surface area contributed by atoms with Crippen LogP contribution in [0.2, 0.25) is 0 Å². The van der Waals surface area contributed by atoms with Crippen LogP contribution >= 0.6 is 0 Å². The van der Waals surface area contributed by atoms with Crippen molar-refractivity contribution in [1.82, 2.24) is 15.6 Å². The van der Waals surface area contributed by atoms with Crippen molar-refractivity contribution in [1.29, 1.82) is 0 Å². The molecule has 5 aliphatic rings. The van der Waals surface area contributed by atoms with E-state index in [0.29, 0.717) is 12.0 Å². The highest BCUT2D eigenvalue weighted by atomic mass is 32.2. The Balaban J connectivity index is 1.24. The van der Waals surface area contributed by atoms with E-state index in [1.807, 2.05) is 13.8 Å². The number of amidine groups is 1. The smallest absolute Gasteiger partial charge is 0.263 e. The van der Waals surface area contributed by atoms with Crippen LogP contribution in [0.5, 0.6) is 0 Å². The Bertz CT molecular complexity index is 1080. The zero-order chi connectivity index (χ0) is 23.4. The van der Waals surface area contributed by atoms with Crippen molar-refractivity contribution in [2.75, 3.05) is 0 Å². The number of hydrazine groups is 1. The second-order valence-corrected chi connectivity index (χ2v) is 12.6. The quantitative estimate of drug-likeness (QED) is 0.571. The van der Waals surface area contributed by atoms with Gasteiger partial charge in [-0.2, -0.15) is 0 Å². The van der Waals surface area contributed by atoms with Gasteiger partial charge >= 0.3 is 0 Å². The van der Waals surface area contributed by atoms with Crippen LogP contribution in [0.1, 0.15) is 64.4 Å². The second-order valence-electron chi connectivity index (χ2n) is 10.9. The number of amides is 2. The maximum atomic E-state index is 12.9. The number of carbonyl (C=O) groups is 2. The minimum absolute atomic E-state index is 0.0904. The number of aliphatic imine (C=N–C) groups is 1. The molecule has 1 aromatic carbocycles. The van der Waals surface area contributed by atoms with Gasteiger partial charge in [0.1, 0.15) is 11.9 Å². The van der Waals surface area contributed by atoms with E-state index in [1.165, 1.54) is 25.3 Å². The molecule has 1 aromatic rings. The number of carbonyl (C=O) groups excluding carboxylic acids is 2. The number of benzene rings is 1. The first-order valence-electron chi connectivity index (χ1n) is 11.9. The number of nitrogens with zero attached hydrogens (tertiary/aromatic N) is 1. The van der Waals surface area contributed by atoms with Gasteiger partial charge in [-0.1, -0.05) is 26.0 Å². The third kappa shape index (κ3) is 4.27. The number of sulfonamides is 1. The molecule has 0 unspecified atom stereocenters. The van der Waals surface area contributed by atoms with Gasteiger partial charge in [0.25, 0.3) is 15.9 Å². The van der Waals surface area contributed by atoms with Gasteiger partial charge in [0, 0.05) is 12.0 Å². The van der Waals surface area contributed by atoms with E-state index in [0.717, 1.165) is 37.0 Å². The normalized spacial score (nSPS) is 32.9. The van der Waals surface area contributed by atoms with Crippen LogP contribution in [0.4, 0.5) is 0 Å². The molecule has 9 heteroatoms. The Morgan fingerprint density at radius 3 is 2.27 bits per heavy atom. The van der Waals surface area contributed by atoms with Crippen LogP contribution in [-0.2, 0) is 19.6 Å². The summed E-state index contributed by atoms with van der Waals surface area (Å²) in [6.07, 6.45) is 7.79. The third-order valence-electron chi connectivity index (χ3n) is 7.86. The summed E-state index contributed by atoms with van der Waals surface area (Å²) in [5, 5.41) is 0. The van der Waals surface area contributed by atoms with E-state index in [1.54, 1.807) is 18.2 Å². The molecule has 6 rings (SSSR count). The van der Waals surface area contributed by atoms with E-state index in [4.69, 9.17) is 0 Å². The molecule has 3 N–H and O–H groups in total. The fraction of sp³-hybridized carbons (Fsp3) is 0.625. The molecular weight excluding hydrogens is 440 g/mol. The largest absolute Gasteiger partial charge is 0.273 e. The second kappa shape index (κ2) is 8.11. The Kier molecular flexibility index (Phi) is 5.50. The van der Waals surface area contributed by atoms with E-state index >= 15 is 0 Å². The van der Waals surface area contributed by atoms with Gasteiger partial charge in [-0.25, -0.2) is 8.42 Å². The standard InChI is InChI=1S/C24H32N4O4S/c1-14(2)21(25-22-18-5-3-4-6-19(18)33(31,32)28-22)23(30)27-26-20(29)13-24-10-15-7-16(11-24)9-17(8-15)12-24/h3-6,14-17,21H,7-13H2,1-2H3,(H,25,28)(H,26,29)(H,27,30)/t15?,16?,17?,21-,24?/m0/s1. The SMILES string of the molecule is CC(C)[C@H](N=C1NS(=O)(=O)c2ccccc21)C(=O)NNC(=O)CC12CC3CC(CC(C3)C1)C2. The third-order valence-corrected chi connectivity index (χ3v) is 9.25. The van der Waals surface area contributed by atoms with Gasteiger partial charge < -0.3 is 0 Å². The van der Waals surface area contributed by atoms with Crippen LogP contribution < -0.4 is 15.6 Å². The number of fused-ring (bicyclic) bond motifs is 1. The first-order valence-corrected chi connectivity index (χ1v) is 13.4. The molecule has 4 fully saturated rings.